The Balaban J connectivity index is 1.54. The van der Waals surface area contributed by atoms with E-state index in [4.69, 9.17) is 0 Å². The number of thiazole rings is 1. The molecule has 114 valence electrons. The number of benzene rings is 1. The molecule has 3 aromatic heterocycles. The van der Waals surface area contributed by atoms with E-state index in [1.54, 1.807) is 33.8 Å². The third-order valence-electron chi connectivity index (χ3n) is 3.34. The van der Waals surface area contributed by atoms with Crippen LogP contribution in [0.4, 0.5) is 0 Å². The highest BCUT2D eigenvalue weighted by molar-refractivity contribution is 7.98. The highest BCUT2D eigenvalue weighted by Gasteiger charge is 2.11. The molecule has 0 N–H and O–H groups in total. The van der Waals surface area contributed by atoms with Crippen molar-refractivity contribution in [3.8, 4) is 10.6 Å². The topological polar surface area (TPSA) is 56.0 Å². The summed E-state index contributed by atoms with van der Waals surface area (Å²) in [5.74, 6) is 1.44. The summed E-state index contributed by atoms with van der Waals surface area (Å²) in [5, 5.41) is 6.21. The van der Waals surface area contributed by atoms with Crippen molar-refractivity contribution in [2.24, 2.45) is 0 Å². The minimum absolute atomic E-state index is 0.626. The van der Waals surface area contributed by atoms with Crippen LogP contribution in [0.1, 0.15) is 10.6 Å². The first kappa shape index (κ1) is 14.3. The maximum atomic E-state index is 4.68. The van der Waals surface area contributed by atoms with Crippen molar-refractivity contribution in [1.29, 1.82) is 0 Å². The van der Waals surface area contributed by atoms with Gasteiger partial charge in [0.05, 0.1) is 5.69 Å². The molecule has 4 rings (SSSR count). The summed E-state index contributed by atoms with van der Waals surface area (Å²) < 4.78 is 1.69. The molecule has 0 aliphatic heterocycles. The number of hydrogen-bond donors (Lipinski definition) is 0. The molecule has 7 heteroatoms. The molecule has 23 heavy (non-hydrogen) atoms. The van der Waals surface area contributed by atoms with E-state index >= 15 is 0 Å². The number of hydrogen-bond acceptors (Lipinski definition) is 6. The fraction of sp³-hybridized carbons (Fsp3) is 0.125. The van der Waals surface area contributed by atoms with Gasteiger partial charge in [-0.2, -0.15) is 4.98 Å². The Morgan fingerprint density at radius 2 is 2.00 bits per heavy atom. The Bertz CT molecular complexity index is 912. The van der Waals surface area contributed by atoms with Crippen molar-refractivity contribution in [2.45, 2.75) is 17.8 Å². The Hall–Kier alpha value is -2.25. The maximum Gasteiger partial charge on any atom is 0.253 e. The molecular formula is C16H13N5S2. The van der Waals surface area contributed by atoms with Crippen molar-refractivity contribution < 1.29 is 0 Å². The molecule has 0 radical (unpaired) electrons. The van der Waals surface area contributed by atoms with Crippen molar-refractivity contribution in [2.75, 3.05) is 0 Å². The zero-order valence-corrected chi connectivity index (χ0v) is 14.0. The van der Waals surface area contributed by atoms with Gasteiger partial charge in [-0.15, -0.1) is 16.4 Å². The van der Waals surface area contributed by atoms with Crippen LogP contribution in [-0.4, -0.2) is 24.6 Å². The van der Waals surface area contributed by atoms with E-state index in [0.29, 0.717) is 5.78 Å². The first-order valence-corrected chi connectivity index (χ1v) is 8.92. The summed E-state index contributed by atoms with van der Waals surface area (Å²) >= 11 is 3.34. The van der Waals surface area contributed by atoms with Crippen LogP contribution in [0.3, 0.4) is 0 Å². The first-order chi connectivity index (χ1) is 11.3. The molecule has 0 aliphatic carbocycles. The van der Waals surface area contributed by atoms with Crippen LogP contribution in [0.25, 0.3) is 16.3 Å². The van der Waals surface area contributed by atoms with Gasteiger partial charge < -0.3 is 0 Å². The lowest BCUT2D eigenvalue weighted by Gasteiger charge is -1.94. The molecule has 0 atom stereocenters. The lowest BCUT2D eigenvalue weighted by Crippen LogP contribution is -1.87. The maximum absolute atomic E-state index is 4.68. The molecule has 0 amide bonds. The van der Waals surface area contributed by atoms with E-state index in [9.17, 15) is 0 Å². The van der Waals surface area contributed by atoms with Crippen LogP contribution in [0, 0.1) is 6.92 Å². The Kier molecular flexibility index (Phi) is 3.80. The quantitative estimate of drug-likeness (QED) is 0.529. The van der Waals surface area contributed by atoms with Crippen LogP contribution in [0.15, 0.2) is 53.9 Å². The smallest absolute Gasteiger partial charge is 0.241 e. The van der Waals surface area contributed by atoms with E-state index in [-0.39, 0.29) is 0 Å². The highest BCUT2D eigenvalue weighted by atomic mass is 32.2. The van der Waals surface area contributed by atoms with Crippen molar-refractivity contribution >= 4 is 28.9 Å². The normalized spacial score (nSPS) is 11.2. The standard InChI is InChI=1S/C16H13N5S2/c1-11-13(23-14(18-11)12-6-3-2-4-7-12)10-22-16-19-15-17-8-5-9-21(15)20-16/h2-9H,10H2,1H3. The van der Waals surface area contributed by atoms with Crippen LogP contribution in [0.5, 0.6) is 0 Å². The van der Waals surface area contributed by atoms with Gasteiger partial charge in [0.15, 0.2) is 0 Å². The summed E-state index contributed by atoms with van der Waals surface area (Å²) in [7, 11) is 0. The molecule has 0 unspecified atom stereocenters. The Morgan fingerprint density at radius 1 is 1.13 bits per heavy atom. The molecule has 0 bridgehead atoms. The number of fused-ring (bicyclic) bond motifs is 1. The molecule has 0 fully saturated rings. The van der Waals surface area contributed by atoms with Crippen molar-refractivity contribution in [3.05, 3.63) is 59.4 Å². The van der Waals surface area contributed by atoms with E-state index in [1.165, 1.54) is 4.88 Å². The lowest BCUT2D eigenvalue weighted by molar-refractivity contribution is 0.879. The molecule has 0 saturated heterocycles. The molecular weight excluding hydrogens is 326 g/mol. The van der Waals surface area contributed by atoms with Gasteiger partial charge in [0.2, 0.25) is 5.16 Å². The van der Waals surface area contributed by atoms with Crippen LogP contribution >= 0.6 is 23.1 Å². The van der Waals surface area contributed by atoms with Crippen molar-refractivity contribution in [3.63, 3.8) is 0 Å². The van der Waals surface area contributed by atoms with E-state index in [1.807, 2.05) is 30.5 Å². The zero-order chi connectivity index (χ0) is 15.6. The summed E-state index contributed by atoms with van der Waals surface area (Å²) in [5.41, 5.74) is 2.23. The van der Waals surface area contributed by atoms with Crippen LogP contribution in [0.2, 0.25) is 0 Å². The average Bonchev–Trinajstić information content (AvgIpc) is 3.16. The predicted molar refractivity (Wildman–Crippen MR) is 92.6 cm³/mol. The Labute approximate surface area is 141 Å². The predicted octanol–water partition coefficient (Wildman–Crippen LogP) is 3.85. The number of thioether (sulfide) groups is 1. The molecule has 0 aliphatic rings. The SMILES string of the molecule is Cc1nc(-c2ccccc2)sc1CSc1nc2ncccn2n1. The minimum atomic E-state index is 0.626. The van der Waals surface area contributed by atoms with E-state index in [2.05, 4.69) is 39.1 Å². The van der Waals surface area contributed by atoms with Gasteiger partial charge >= 0.3 is 0 Å². The number of nitrogens with zero attached hydrogens (tertiary/aromatic N) is 5. The number of rotatable bonds is 4. The second kappa shape index (κ2) is 6.10. The summed E-state index contributed by atoms with van der Waals surface area (Å²) in [6.45, 7) is 2.05. The van der Waals surface area contributed by atoms with Gasteiger partial charge in [-0.1, -0.05) is 42.1 Å². The third-order valence-corrected chi connectivity index (χ3v) is 5.60. The van der Waals surface area contributed by atoms with E-state index < -0.39 is 0 Å². The summed E-state index contributed by atoms with van der Waals surface area (Å²) in [6.07, 6.45) is 3.57. The van der Waals surface area contributed by atoms with Gasteiger partial charge in [-0.05, 0) is 13.0 Å². The summed E-state index contributed by atoms with van der Waals surface area (Å²) in [6, 6.07) is 12.1. The minimum Gasteiger partial charge on any atom is -0.241 e. The molecule has 0 saturated carbocycles. The average molecular weight is 339 g/mol. The molecule has 5 nitrogen and oxygen atoms in total. The molecule has 4 aromatic rings. The van der Waals surface area contributed by atoms with Gasteiger partial charge in [-0.3, -0.25) is 0 Å². The lowest BCUT2D eigenvalue weighted by atomic mass is 10.2. The first-order valence-electron chi connectivity index (χ1n) is 7.11. The highest BCUT2D eigenvalue weighted by Crippen LogP contribution is 2.31. The van der Waals surface area contributed by atoms with Crippen LogP contribution in [-0.2, 0) is 5.75 Å². The van der Waals surface area contributed by atoms with Gasteiger partial charge in [0, 0.05) is 28.6 Å². The van der Waals surface area contributed by atoms with Crippen molar-refractivity contribution in [1.82, 2.24) is 24.6 Å². The Morgan fingerprint density at radius 3 is 2.83 bits per heavy atom. The molecule has 1 aromatic carbocycles. The van der Waals surface area contributed by atoms with E-state index in [0.717, 1.165) is 27.2 Å². The third kappa shape index (κ3) is 2.97. The largest absolute Gasteiger partial charge is 0.253 e. The fourth-order valence-corrected chi connectivity index (χ4v) is 4.21. The summed E-state index contributed by atoms with van der Waals surface area (Å²) in [4.78, 5) is 14.5. The number of aromatic nitrogens is 5. The monoisotopic (exact) mass is 339 g/mol. The second-order valence-electron chi connectivity index (χ2n) is 4.94. The fourth-order valence-electron chi connectivity index (χ4n) is 2.17. The number of aryl methyl sites for hydroxylation is 1. The van der Waals surface area contributed by atoms with Gasteiger partial charge in [0.25, 0.3) is 5.78 Å². The van der Waals surface area contributed by atoms with Gasteiger partial charge in [0.1, 0.15) is 5.01 Å². The van der Waals surface area contributed by atoms with Gasteiger partial charge in [-0.25, -0.2) is 14.5 Å². The zero-order valence-electron chi connectivity index (χ0n) is 12.4. The van der Waals surface area contributed by atoms with Crippen LogP contribution < -0.4 is 0 Å². The second-order valence-corrected chi connectivity index (χ2v) is 6.97. The molecule has 3 heterocycles. The molecule has 0 spiro atoms.